The second-order valence-electron chi connectivity index (χ2n) is 13.5. The van der Waals surface area contributed by atoms with Crippen LogP contribution in [-0.4, -0.2) is 81.1 Å². The Morgan fingerprint density at radius 3 is 2.46 bits per heavy atom. The van der Waals surface area contributed by atoms with Crippen molar-refractivity contribution in [2.24, 2.45) is 0 Å². The summed E-state index contributed by atoms with van der Waals surface area (Å²) in [5.41, 5.74) is 14.4. The van der Waals surface area contributed by atoms with E-state index >= 15 is 0 Å². The Balaban J connectivity index is 1.18. The molecule has 0 aliphatic carbocycles. The number of rotatable bonds is 15. The number of anilines is 4. The van der Waals surface area contributed by atoms with Crippen LogP contribution < -0.4 is 30.2 Å². The number of nitrogens with zero attached hydrogens (tertiary/aromatic N) is 5. The van der Waals surface area contributed by atoms with Crippen LogP contribution >= 0.6 is 0 Å². The molecule has 0 amide bonds. The van der Waals surface area contributed by atoms with E-state index in [0.717, 1.165) is 69.1 Å². The van der Waals surface area contributed by atoms with E-state index in [1.54, 1.807) is 20.4 Å². The second-order valence-corrected chi connectivity index (χ2v) is 13.5. The van der Waals surface area contributed by atoms with E-state index in [-0.39, 0.29) is 0 Å². The molecule has 54 heavy (non-hydrogen) atoms. The molecule has 4 aromatic carbocycles. The molecule has 1 saturated heterocycles. The molecule has 12 nitrogen and oxygen atoms in total. The van der Waals surface area contributed by atoms with E-state index in [4.69, 9.17) is 34.4 Å². The normalized spacial score (nSPS) is 13.1. The Bertz CT molecular complexity index is 2200. The molecule has 7 rings (SSSR count). The number of ether oxygens (including phenoxy) is 5. The van der Waals surface area contributed by atoms with Crippen LogP contribution in [-0.2, 0) is 22.6 Å². The zero-order chi connectivity index (χ0) is 37.6. The van der Waals surface area contributed by atoms with Gasteiger partial charge in [0, 0.05) is 60.6 Å². The summed E-state index contributed by atoms with van der Waals surface area (Å²) in [6.45, 7) is 3.70. The number of benzene rings is 4. The van der Waals surface area contributed by atoms with Crippen molar-refractivity contribution in [1.29, 1.82) is 0 Å². The average Bonchev–Trinajstić information content (AvgIpc) is 3.86. The van der Waals surface area contributed by atoms with E-state index in [9.17, 15) is 0 Å². The zero-order valence-electron chi connectivity index (χ0n) is 31.4. The highest BCUT2D eigenvalue weighted by molar-refractivity contribution is 5.95. The van der Waals surface area contributed by atoms with Crippen molar-refractivity contribution >= 4 is 33.9 Å². The van der Waals surface area contributed by atoms with Gasteiger partial charge in [-0.1, -0.05) is 48.5 Å². The number of nitrogens with one attached hydrogen (secondary N) is 1. The fourth-order valence-electron chi connectivity index (χ4n) is 6.61. The monoisotopic (exact) mass is 729 g/mol. The molecule has 3 heterocycles. The molecule has 0 radical (unpaired) electrons. The predicted molar refractivity (Wildman–Crippen MR) is 213 cm³/mol. The van der Waals surface area contributed by atoms with Gasteiger partial charge in [-0.2, -0.15) is 0 Å². The maximum atomic E-state index is 6.59. The van der Waals surface area contributed by atoms with Gasteiger partial charge >= 0.3 is 0 Å². The summed E-state index contributed by atoms with van der Waals surface area (Å²) >= 11 is 0. The molecule has 6 aromatic rings. The van der Waals surface area contributed by atoms with Gasteiger partial charge in [-0.15, -0.1) is 0 Å². The van der Waals surface area contributed by atoms with Crippen LogP contribution in [0.15, 0.2) is 97.3 Å². The summed E-state index contributed by atoms with van der Waals surface area (Å²) in [5, 5.41) is 4.42. The van der Waals surface area contributed by atoms with E-state index < -0.39 is 6.29 Å². The van der Waals surface area contributed by atoms with Crippen molar-refractivity contribution in [3.8, 4) is 28.5 Å². The number of para-hydroxylation sites is 2. The number of nitrogens with two attached hydrogens (primary N) is 1. The largest absolute Gasteiger partial charge is 0.497 e. The standard InChI is InChI=1S/C42H47N7O5/c1-47(2)19-20-48(3)38-24-39(51-5)36(23-34(38)43)46-42-44-18-17-35(45-42)33-26-49(37-12-7-6-10-31(33)37)25-29-9-8-11-32(41-52-21-22-53-41)40(29)54-27-28-13-15-30(50-4)16-14-28/h6-18,23-24,26,41H,19-22,25,27,43H2,1-5H3,(H,44,45,46). The van der Waals surface area contributed by atoms with Gasteiger partial charge in [-0.3, -0.25) is 0 Å². The first-order chi connectivity index (χ1) is 26.3. The molecule has 1 aliphatic rings. The fraction of sp³-hybridized carbons (Fsp3) is 0.286. The maximum absolute atomic E-state index is 6.59. The summed E-state index contributed by atoms with van der Waals surface area (Å²) in [6, 6.07) is 28.1. The smallest absolute Gasteiger partial charge is 0.227 e. The van der Waals surface area contributed by atoms with Gasteiger partial charge < -0.3 is 49.1 Å². The molecule has 1 aliphatic heterocycles. The van der Waals surface area contributed by atoms with Crippen LogP contribution in [0.2, 0.25) is 0 Å². The third-order valence-electron chi connectivity index (χ3n) is 9.49. The Morgan fingerprint density at radius 1 is 0.907 bits per heavy atom. The van der Waals surface area contributed by atoms with E-state index in [1.807, 2.05) is 73.8 Å². The highest BCUT2D eigenvalue weighted by Gasteiger charge is 2.25. The number of methoxy groups -OCH3 is 2. The lowest BCUT2D eigenvalue weighted by Gasteiger charge is -2.24. The van der Waals surface area contributed by atoms with Crippen molar-refractivity contribution in [3.63, 3.8) is 0 Å². The minimum Gasteiger partial charge on any atom is -0.497 e. The second kappa shape index (κ2) is 16.5. The van der Waals surface area contributed by atoms with E-state index in [0.29, 0.717) is 49.4 Å². The van der Waals surface area contributed by atoms with Crippen molar-refractivity contribution < 1.29 is 23.7 Å². The third-order valence-corrected chi connectivity index (χ3v) is 9.49. The van der Waals surface area contributed by atoms with Crippen LogP contribution in [0.5, 0.6) is 17.2 Å². The molecule has 0 atom stereocenters. The zero-order valence-corrected chi connectivity index (χ0v) is 31.4. The Labute approximate surface area is 316 Å². The van der Waals surface area contributed by atoms with Crippen LogP contribution in [0.3, 0.4) is 0 Å². The number of aromatic nitrogens is 3. The van der Waals surface area contributed by atoms with Gasteiger partial charge in [0.05, 0.1) is 62.3 Å². The Morgan fingerprint density at radius 2 is 1.70 bits per heavy atom. The van der Waals surface area contributed by atoms with Crippen LogP contribution in [0.1, 0.15) is 23.0 Å². The van der Waals surface area contributed by atoms with Crippen molar-refractivity contribution in [3.05, 3.63) is 114 Å². The number of nitrogen functional groups attached to an aromatic ring is 1. The summed E-state index contributed by atoms with van der Waals surface area (Å²) in [6.07, 6.45) is 3.40. The highest BCUT2D eigenvalue weighted by atomic mass is 16.7. The fourth-order valence-corrected chi connectivity index (χ4v) is 6.61. The first kappa shape index (κ1) is 36.5. The molecular weight excluding hydrogens is 683 g/mol. The van der Waals surface area contributed by atoms with Gasteiger partial charge in [0.1, 0.15) is 23.9 Å². The van der Waals surface area contributed by atoms with Crippen LogP contribution in [0.25, 0.3) is 22.2 Å². The molecule has 280 valence electrons. The summed E-state index contributed by atoms with van der Waals surface area (Å²) in [7, 11) is 9.43. The number of likely N-dealkylation sites (N-methyl/N-ethyl adjacent to an activating group) is 2. The topological polar surface area (TPSA) is 121 Å². The van der Waals surface area contributed by atoms with Crippen molar-refractivity contribution in [2.75, 3.05) is 77.6 Å². The SMILES string of the molecule is COc1ccc(COc2c(Cn3cc(-c4ccnc(Nc5cc(N)c(N(C)CCN(C)C)cc5OC)n4)c4ccccc43)cccc2C2OCCO2)cc1. The molecule has 3 N–H and O–H groups in total. The summed E-state index contributed by atoms with van der Waals surface area (Å²) in [5.74, 6) is 2.61. The maximum Gasteiger partial charge on any atom is 0.227 e. The molecule has 1 fully saturated rings. The molecule has 0 unspecified atom stereocenters. The Hall–Kier alpha value is -5.82. The first-order valence-corrected chi connectivity index (χ1v) is 17.9. The van der Waals surface area contributed by atoms with Crippen molar-refractivity contribution in [1.82, 2.24) is 19.4 Å². The average molecular weight is 730 g/mol. The van der Waals surface area contributed by atoms with Gasteiger partial charge in [0.2, 0.25) is 5.95 Å². The lowest BCUT2D eigenvalue weighted by atomic mass is 10.1. The molecule has 0 bridgehead atoms. The van der Waals surface area contributed by atoms with Gasteiger partial charge in [0.25, 0.3) is 0 Å². The van der Waals surface area contributed by atoms with Crippen LogP contribution in [0.4, 0.5) is 23.0 Å². The molecule has 0 saturated carbocycles. The third kappa shape index (κ3) is 8.05. The summed E-state index contributed by atoms with van der Waals surface area (Å²) < 4.78 is 31.8. The van der Waals surface area contributed by atoms with Gasteiger partial charge in [0.15, 0.2) is 6.29 Å². The quantitative estimate of drug-likeness (QED) is 0.105. The van der Waals surface area contributed by atoms with Crippen molar-refractivity contribution in [2.45, 2.75) is 19.4 Å². The lowest BCUT2D eigenvalue weighted by molar-refractivity contribution is -0.0459. The number of hydrogen-bond acceptors (Lipinski definition) is 11. The minimum absolute atomic E-state index is 0.376. The molecule has 12 heteroatoms. The van der Waals surface area contributed by atoms with E-state index in [2.05, 4.69) is 63.2 Å². The molecule has 2 aromatic heterocycles. The van der Waals surface area contributed by atoms with E-state index in [1.165, 1.54) is 0 Å². The minimum atomic E-state index is -0.492. The first-order valence-electron chi connectivity index (χ1n) is 17.9. The Kier molecular flexibility index (Phi) is 11.1. The summed E-state index contributed by atoms with van der Waals surface area (Å²) in [4.78, 5) is 13.8. The lowest BCUT2D eigenvalue weighted by Crippen LogP contribution is -2.29. The van der Waals surface area contributed by atoms with Gasteiger partial charge in [-0.05, 0) is 50.0 Å². The molecule has 0 spiro atoms. The number of fused-ring (bicyclic) bond motifs is 1. The van der Waals surface area contributed by atoms with Crippen LogP contribution in [0, 0.1) is 0 Å². The number of hydrogen-bond donors (Lipinski definition) is 2. The predicted octanol–water partition coefficient (Wildman–Crippen LogP) is 7.11. The van der Waals surface area contributed by atoms with Gasteiger partial charge in [-0.25, -0.2) is 9.97 Å². The highest BCUT2D eigenvalue weighted by Crippen LogP contribution is 2.39. The molecular formula is C42H47N7O5.